The minimum Gasteiger partial charge on any atom is -0.455 e. The maximum atomic E-state index is 6.91. The van der Waals surface area contributed by atoms with Crippen LogP contribution in [0.4, 0.5) is 17.1 Å². The van der Waals surface area contributed by atoms with E-state index in [0.29, 0.717) is 0 Å². The normalized spacial score (nSPS) is 13.0. The van der Waals surface area contributed by atoms with Crippen LogP contribution in [0.2, 0.25) is 0 Å². The van der Waals surface area contributed by atoms with Crippen LogP contribution in [0.1, 0.15) is 25.0 Å². The van der Waals surface area contributed by atoms with Gasteiger partial charge in [0.05, 0.1) is 16.7 Å². The van der Waals surface area contributed by atoms with E-state index in [2.05, 4.69) is 254 Å². The number of fused-ring (bicyclic) bond motifs is 12. The molecule has 13 aromatic rings. The summed E-state index contributed by atoms with van der Waals surface area (Å²) < 4.78 is 9.31. The van der Waals surface area contributed by atoms with Crippen LogP contribution < -0.4 is 4.90 Å². The first kappa shape index (κ1) is 38.6. The Hall–Kier alpha value is -8.66. The van der Waals surface area contributed by atoms with Gasteiger partial charge in [0.1, 0.15) is 11.2 Å². The number of hydrogen-bond donors (Lipinski definition) is 0. The van der Waals surface area contributed by atoms with Gasteiger partial charge in [-0.15, -0.1) is 0 Å². The van der Waals surface area contributed by atoms with E-state index in [-0.39, 0.29) is 5.41 Å². The highest BCUT2D eigenvalue weighted by Crippen LogP contribution is 2.51. The van der Waals surface area contributed by atoms with Crippen LogP contribution in [0.25, 0.3) is 104 Å². The summed E-state index contributed by atoms with van der Waals surface area (Å²) in [6.07, 6.45) is 0. The second-order valence-corrected chi connectivity index (χ2v) is 18.9. The van der Waals surface area contributed by atoms with E-state index in [1.54, 1.807) is 0 Å². The molecule has 14 rings (SSSR count). The van der Waals surface area contributed by atoms with Crippen LogP contribution in [0, 0.1) is 0 Å². The van der Waals surface area contributed by atoms with Crippen molar-refractivity contribution in [2.24, 2.45) is 0 Å². The van der Waals surface area contributed by atoms with E-state index >= 15 is 0 Å². The van der Waals surface area contributed by atoms with Gasteiger partial charge < -0.3 is 13.9 Å². The number of anilines is 3. The third kappa shape index (κ3) is 5.72. The molecule has 0 N–H and O–H groups in total. The molecule has 0 fully saturated rings. The summed E-state index contributed by atoms with van der Waals surface area (Å²) in [5.41, 5.74) is 18.2. The third-order valence-electron chi connectivity index (χ3n) is 14.7. The lowest BCUT2D eigenvalue weighted by atomic mass is 9.81. The van der Waals surface area contributed by atoms with E-state index in [9.17, 15) is 0 Å². The molecule has 0 saturated carbocycles. The Labute approximate surface area is 394 Å². The van der Waals surface area contributed by atoms with Crippen molar-refractivity contribution in [3.63, 3.8) is 0 Å². The third-order valence-corrected chi connectivity index (χ3v) is 14.7. The zero-order chi connectivity index (χ0) is 45.1. The van der Waals surface area contributed by atoms with Crippen LogP contribution >= 0.6 is 0 Å². The first-order chi connectivity index (χ1) is 33.5. The van der Waals surface area contributed by atoms with E-state index in [1.807, 2.05) is 0 Å². The minimum atomic E-state index is -0.104. The molecule has 3 heteroatoms. The monoisotopic (exact) mass is 868 g/mol. The lowest BCUT2D eigenvalue weighted by Crippen LogP contribution is -2.14. The first-order valence-corrected chi connectivity index (χ1v) is 23.6. The Morgan fingerprint density at radius 2 is 1.01 bits per heavy atom. The van der Waals surface area contributed by atoms with Crippen molar-refractivity contribution in [2.45, 2.75) is 19.3 Å². The van der Waals surface area contributed by atoms with Gasteiger partial charge in [0, 0.05) is 55.0 Å². The molecule has 11 aromatic carbocycles. The molecule has 0 bridgehead atoms. The summed E-state index contributed by atoms with van der Waals surface area (Å²) in [5.74, 6) is 0. The van der Waals surface area contributed by atoms with E-state index in [0.717, 1.165) is 55.8 Å². The number of para-hydroxylation sites is 3. The lowest BCUT2D eigenvalue weighted by Gasteiger charge is -2.29. The molecule has 2 aromatic heterocycles. The minimum absolute atomic E-state index is 0.104. The van der Waals surface area contributed by atoms with Crippen molar-refractivity contribution in [3.8, 4) is 39.1 Å². The molecule has 3 nitrogen and oxygen atoms in total. The standard InChI is InChI=1S/C65H44N2O/c1-65(2)58-29-11-7-24-50(58)51-34-33-42(37-59(51)65)41-18-15-20-45(35-41)66(62-38-44-17-3-4-22-48(44)49-23-5-6-25-52(49)62)47-39-56(64-57(40-47)55-28-10-14-32-63(55)68-64)43-19-16-21-46(36-43)67-60-30-12-8-26-53(60)54-27-9-13-31-61(54)67/h3-40H,1-2H3. The highest BCUT2D eigenvalue weighted by molar-refractivity contribution is 6.16. The smallest absolute Gasteiger partial charge is 0.143 e. The first-order valence-electron chi connectivity index (χ1n) is 23.6. The van der Waals surface area contributed by atoms with Crippen molar-refractivity contribution in [1.29, 1.82) is 0 Å². The Bertz CT molecular complexity index is 4150. The molecule has 0 amide bonds. The highest BCUT2D eigenvalue weighted by Gasteiger charge is 2.35. The molecule has 0 aliphatic heterocycles. The summed E-state index contributed by atoms with van der Waals surface area (Å²) in [4.78, 5) is 2.48. The quantitative estimate of drug-likeness (QED) is 0.155. The SMILES string of the molecule is CC1(C)c2ccccc2-c2ccc(-c3cccc(N(c4cc(-c5cccc(-n6c7ccccc7c7ccccc76)c5)c5oc6ccccc6c5c4)c4cc5ccccc5c5ccccc45)c3)cc21. The maximum Gasteiger partial charge on any atom is 0.143 e. The zero-order valence-electron chi connectivity index (χ0n) is 37.7. The Kier molecular flexibility index (Phi) is 8.33. The van der Waals surface area contributed by atoms with Crippen LogP contribution in [-0.2, 0) is 5.41 Å². The number of hydrogen-bond acceptors (Lipinski definition) is 2. The van der Waals surface area contributed by atoms with Crippen LogP contribution in [-0.4, -0.2) is 4.57 Å². The van der Waals surface area contributed by atoms with Crippen LogP contribution in [0.15, 0.2) is 235 Å². The fourth-order valence-electron chi connectivity index (χ4n) is 11.5. The average molecular weight is 869 g/mol. The van der Waals surface area contributed by atoms with Gasteiger partial charge >= 0.3 is 0 Å². The molecule has 1 aliphatic carbocycles. The summed E-state index contributed by atoms with van der Waals surface area (Å²) >= 11 is 0. The van der Waals surface area contributed by atoms with Gasteiger partial charge in [-0.25, -0.2) is 0 Å². The van der Waals surface area contributed by atoms with Gasteiger partial charge in [0.15, 0.2) is 0 Å². The van der Waals surface area contributed by atoms with Crippen molar-refractivity contribution >= 4 is 82.4 Å². The van der Waals surface area contributed by atoms with E-state index < -0.39 is 0 Å². The van der Waals surface area contributed by atoms with Gasteiger partial charge in [-0.1, -0.05) is 178 Å². The van der Waals surface area contributed by atoms with Gasteiger partial charge in [-0.05, 0) is 122 Å². The summed E-state index contributed by atoms with van der Waals surface area (Å²) in [7, 11) is 0. The van der Waals surface area contributed by atoms with Gasteiger partial charge in [-0.2, -0.15) is 0 Å². The van der Waals surface area contributed by atoms with Gasteiger partial charge in [0.2, 0.25) is 0 Å². The van der Waals surface area contributed by atoms with Crippen LogP contribution in [0.3, 0.4) is 0 Å². The van der Waals surface area contributed by atoms with Crippen molar-refractivity contribution in [3.05, 3.63) is 242 Å². The Morgan fingerprint density at radius 3 is 1.84 bits per heavy atom. The van der Waals surface area contributed by atoms with Crippen molar-refractivity contribution in [1.82, 2.24) is 4.57 Å². The van der Waals surface area contributed by atoms with Crippen molar-refractivity contribution < 1.29 is 4.42 Å². The number of furan rings is 1. The van der Waals surface area contributed by atoms with Crippen LogP contribution in [0.5, 0.6) is 0 Å². The largest absolute Gasteiger partial charge is 0.455 e. The predicted molar refractivity (Wildman–Crippen MR) is 286 cm³/mol. The molecule has 68 heavy (non-hydrogen) atoms. The highest BCUT2D eigenvalue weighted by atomic mass is 16.3. The summed E-state index contributed by atoms with van der Waals surface area (Å²) in [5, 5.41) is 9.47. The van der Waals surface area contributed by atoms with Gasteiger partial charge in [-0.3, -0.25) is 0 Å². The fourth-order valence-corrected chi connectivity index (χ4v) is 11.5. The second kappa shape index (κ2) is 14.7. The lowest BCUT2D eigenvalue weighted by molar-refractivity contribution is 0.660. The second-order valence-electron chi connectivity index (χ2n) is 18.9. The molecule has 2 heterocycles. The predicted octanol–water partition coefficient (Wildman–Crippen LogP) is 18.1. The molecule has 0 spiro atoms. The molecule has 320 valence electrons. The summed E-state index contributed by atoms with van der Waals surface area (Å²) in [6, 6.07) is 84.6. The molecule has 0 unspecified atom stereocenters. The Balaban J connectivity index is 1.02. The number of rotatable bonds is 6. The van der Waals surface area contributed by atoms with Gasteiger partial charge in [0.25, 0.3) is 0 Å². The number of nitrogens with zero attached hydrogens (tertiary/aromatic N) is 2. The molecular formula is C65H44N2O. The molecule has 0 saturated heterocycles. The van der Waals surface area contributed by atoms with E-state index in [1.165, 1.54) is 76.7 Å². The summed E-state index contributed by atoms with van der Waals surface area (Å²) in [6.45, 7) is 4.72. The molecule has 0 atom stereocenters. The number of aromatic nitrogens is 1. The molecule has 1 aliphatic rings. The Morgan fingerprint density at radius 1 is 0.382 bits per heavy atom. The topological polar surface area (TPSA) is 21.3 Å². The molecule has 0 radical (unpaired) electrons. The van der Waals surface area contributed by atoms with Crippen molar-refractivity contribution in [2.75, 3.05) is 4.90 Å². The number of benzene rings is 11. The zero-order valence-corrected chi connectivity index (χ0v) is 37.7. The fraction of sp³-hybridized carbons (Fsp3) is 0.0462. The maximum absolute atomic E-state index is 6.91. The molecular weight excluding hydrogens is 825 g/mol. The average Bonchev–Trinajstić information content (AvgIpc) is 4.01. The van der Waals surface area contributed by atoms with E-state index in [4.69, 9.17) is 4.42 Å².